The van der Waals surface area contributed by atoms with Crippen LogP contribution in [-0.4, -0.2) is 9.97 Å². The predicted octanol–water partition coefficient (Wildman–Crippen LogP) is 14.7. The summed E-state index contributed by atoms with van der Waals surface area (Å²) in [5, 5.41) is 12.1. The van der Waals surface area contributed by atoms with E-state index < -0.39 is 11.1 Å². The van der Waals surface area contributed by atoms with Gasteiger partial charge in [0.05, 0.1) is 11.4 Å². The van der Waals surface area contributed by atoms with Crippen molar-refractivity contribution in [2.24, 2.45) is 0 Å². The van der Waals surface area contributed by atoms with Gasteiger partial charge in [0, 0.05) is 11.4 Å². The van der Waals surface area contributed by atoms with Gasteiger partial charge < -0.3 is 10.6 Å². The number of aromatic nitrogens is 2. The molecule has 0 amide bonds. The Labute approximate surface area is 373 Å². The van der Waals surface area contributed by atoms with Crippen molar-refractivity contribution in [3.05, 3.63) is 225 Å². The normalized spacial score (nSPS) is 14.8. The number of nitrogens with zero attached hydrogens (tertiary/aromatic N) is 4. The van der Waals surface area contributed by atoms with Crippen LogP contribution in [0.3, 0.4) is 0 Å². The summed E-state index contributed by atoms with van der Waals surface area (Å²) in [7, 11) is 0. The van der Waals surface area contributed by atoms with Crippen LogP contribution in [0.2, 0.25) is 0 Å². The summed E-state index contributed by atoms with van der Waals surface area (Å²) in [6.45, 7) is 13.6. The minimum atomic E-state index is -0.952. The molecule has 8 aromatic rings. The van der Waals surface area contributed by atoms with E-state index in [-0.39, 0.29) is 31.9 Å². The summed E-state index contributed by atoms with van der Waals surface area (Å²) in [5.74, 6) is 0. The Morgan fingerprint density at radius 3 is 1.02 bits per heavy atom. The molecule has 0 radical (unpaired) electrons. The second-order valence-electron chi connectivity index (χ2n) is 18.6. The van der Waals surface area contributed by atoms with E-state index in [1.807, 2.05) is 0 Å². The van der Waals surface area contributed by atoms with Gasteiger partial charge in [-0.15, -0.1) is 11.4 Å². The second kappa shape index (κ2) is 14.0. The summed E-state index contributed by atoms with van der Waals surface area (Å²) in [5.41, 5.74) is 16.5. The second-order valence-corrected chi connectivity index (χ2v) is 18.6. The Balaban J connectivity index is 0.00000445. The average molecular weight is 970 g/mol. The number of hydrogen-bond donors (Lipinski definition) is 0. The molecule has 0 atom stereocenters. The molecule has 1 aliphatic heterocycles. The van der Waals surface area contributed by atoms with Gasteiger partial charge in [0.1, 0.15) is 0 Å². The quantitative estimate of drug-likeness (QED) is 0.152. The number of fused-ring (bicyclic) bond motifs is 20. The fourth-order valence-corrected chi connectivity index (χ4v) is 9.88. The molecule has 4 bridgehead atoms. The van der Waals surface area contributed by atoms with E-state index in [2.05, 4.69) is 211 Å². The van der Waals surface area contributed by atoms with Crippen molar-refractivity contribution in [1.82, 2.24) is 9.97 Å². The zero-order chi connectivity index (χ0) is 41.0. The molecular formula is C56H46N4Pt. The molecule has 5 heteroatoms. The molecule has 3 aliphatic rings. The molecule has 2 aromatic heterocycles. The standard InChI is InChI=1S/C56H46N4.Pt/c1-53(2,3)35-29-31-49-41(33-35)47-25-15-27-51(57-47)56(45-23-13-9-19-39(45)40-20-10-14-24-46(40)56)60-50-32-30-36(54(4,5)6)34-42(50)48-26-16-28-52(58-48)55(59-49)43-21-11-7-17-37(43)38-18-8-12-22-44(38)55;/h7-34H,1-6H3;/q-2;+2. The maximum Gasteiger partial charge on any atom is 2.00 e. The largest absolute Gasteiger partial charge is 2.00 e. The first-order valence-electron chi connectivity index (χ1n) is 21.1. The molecule has 6 aromatic carbocycles. The maximum absolute atomic E-state index is 6.04. The van der Waals surface area contributed by atoms with Crippen LogP contribution in [0.5, 0.6) is 0 Å². The molecule has 0 saturated heterocycles. The van der Waals surface area contributed by atoms with Gasteiger partial charge >= 0.3 is 21.1 Å². The van der Waals surface area contributed by atoms with E-state index in [0.29, 0.717) is 0 Å². The van der Waals surface area contributed by atoms with Crippen LogP contribution >= 0.6 is 0 Å². The number of hydrogen-bond acceptors (Lipinski definition) is 2. The summed E-state index contributed by atoms with van der Waals surface area (Å²) < 4.78 is 0. The number of rotatable bonds is 0. The van der Waals surface area contributed by atoms with Crippen LogP contribution in [0.1, 0.15) is 86.3 Å². The van der Waals surface area contributed by atoms with Crippen LogP contribution < -0.4 is 0 Å². The van der Waals surface area contributed by atoms with Gasteiger partial charge in [0.25, 0.3) is 0 Å². The molecule has 0 N–H and O–H groups in total. The van der Waals surface area contributed by atoms with Crippen molar-refractivity contribution in [1.29, 1.82) is 0 Å². The minimum Gasteiger partial charge on any atom is -0.666 e. The Morgan fingerprint density at radius 1 is 0.361 bits per heavy atom. The number of benzene rings is 6. The molecule has 0 saturated carbocycles. The Bertz CT molecular complexity index is 2740. The van der Waals surface area contributed by atoms with Crippen molar-refractivity contribution >= 4 is 11.4 Å². The number of pyridine rings is 2. The van der Waals surface area contributed by atoms with E-state index in [0.717, 1.165) is 67.5 Å². The molecule has 2 aliphatic carbocycles. The molecule has 0 unspecified atom stereocenters. The van der Waals surface area contributed by atoms with Crippen LogP contribution in [0.4, 0.5) is 11.4 Å². The van der Waals surface area contributed by atoms with Gasteiger partial charge in [-0.2, -0.15) is 0 Å². The fourth-order valence-electron chi connectivity index (χ4n) is 9.88. The first-order valence-corrected chi connectivity index (χ1v) is 21.1. The molecule has 300 valence electrons. The minimum absolute atomic E-state index is 0. The molecule has 3 heterocycles. The SMILES string of the molecule is CC(C)(C)c1ccc2c(c1)-c1cccc(n1)C1([N-]c3ccc(C(C)(C)C)cc3-c3cccc(n3)C3([N-]2)c2ccccc2-c2ccccc23)c2ccccc2-c2ccccc21.[Pt+2]. The third-order valence-corrected chi connectivity index (χ3v) is 12.9. The van der Waals surface area contributed by atoms with Crippen molar-refractivity contribution < 1.29 is 21.1 Å². The zero-order valence-electron chi connectivity index (χ0n) is 35.3. The van der Waals surface area contributed by atoms with Crippen molar-refractivity contribution in [3.63, 3.8) is 0 Å². The van der Waals surface area contributed by atoms with Gasteiger partial charge in [0.15, 0.2) is 0 Å². The zero-order valence-corrected chi connectivity index (χ0v) is 37.5. The fraction of sp³-hybridized carbons (Fsp3) is 0.179. The van der Waals surface area contributed by atoms with E-state index in [1.54, 1.807) is 0 Å². The van der Waals surface area contributed by atoms with Crippen LogP contribution in [0.25, 0.3) is 55.4 Å². The topological polar surface area (TPSA) is 54.0 Å². The third-order valence-electron chi connectivity index (χ3n) is 12.9. The van der Waals surface area contributed by atoms with Gasteiger partial charge in [0.2, 0.25) is 0 Å². The molecule has 0 fully saturated rings. The van der Waals surface area contributed by atoms with Crippen molar-refractivity contribution in [2.45, 2.75) is 63.5 Å². The molecule has 11 rings (SSSR count). The third kappa shape index (κ3) is 5.83. The van der Waals surface area contributed by atoms with Crippen molar-refractivity contribution in [3.8, 4) is 44.8 Å². The maximum atomic E-state index is 6.04. The van der Waals surface area contributed by atoms with Crippen LogP contribution in [0, 0.1) is 0 Å². The Kier molecular flexibility index (Phi) is 8.95. The van der Waals surface area contributed by atoms with Gasteiger partial charge in [-0.3, -0.25) is 9.97 Å². The summed E-state index contributed by atoms with van der Waals surface area (Å²) >= 11 is 0. The summed E-state index contributed by atoms with van der Waals surface area (Å²) in [6, 6.07) is 61.3. The molecule has 2 spiro atoms. The predicted molar refractivity (Wildman–Crippen MR) is 246 cm³/mol. The molecular weight excluding hydrogens is 924 g/mol. The van der Waals surface area contributed by atoms with Crippen LogP contribution in [-0.2, 0) is 43.0 Å². The van der Waals surface area contributed by atoms with E-state index in [9.17, 15) is 0 Å². The van der Waals surface area contributed by atoms with E-state index in [1.165, 1.54) is 33.4 Å². The molecule has 61 heavy (non-hydrogen) atoms. The first kappa shape index (κ1) is 39.1. The van der Waals surface area contributed by atoms with Gasteiger partial charge in [-0.05, 0) is 113 Å². The van der Waals surface area contributed by atoms with Gasteiger partial charge in [-0.25, -0.2) is 0 Å². The Hall–Kier alpha value is -6.09. The van der Waals surface area contributed by atoms with E-state index in [4.69, 9.17) is 20.6 Å². The Morgan fingerprint density at radius 2 is 0.689 bits per heavy atom. The first-order chi connectivity index (χ1) is 29.0. The van der Waals surface area contributed by atoms with Crippen LogP contribution in [0.15, 0.2) is 170 Å². The average Bonchev–Trinajstić information content (AvgIpc) is 3.71. The van der Waals surface area contributed by atoms with Gasteiger partial charge in [-0.1, -0.05) is 187 Å². The summed E-state index contributed by atoms with van der Waals surface area (Å²) in [6.07, 6.45) is 0. The summed E-state index contributed by atoms with van der Waals surface area (Å²) in [4.78, 5) is 11.5. The molecule has 4 nitrogen and oxygen atoms in total. The van der Waals surface area contributed by atoms with Crippen molar-refractivity contribution in [2.75, 3.05) is 0 Å². The monoisotopic (exact) mass is 969 g/mol. The smallest absolute Gasteiger partial charge is 0.666 e. The van der Waals surface area contributed by atoms with E-state index >= 15 is 0 Å².